The lowest BCUT2D eigenvalue weighted by Crippen LogP contribution is -2.26. The molecule has 4 nitrogen and oxygen atoms in total. The van der Waals surface area contributed by atoms with Crippen LogP contribution in [0.2, 0.25) is 0 Å². The number of likely N-dealkylation sites (N-methyl/N-ethyl adjacent to an activating group) is 1. The SMILES string of the molecule is CCCNc1nc(CCN(CC)CC)nc(CC)c1Br. The Morgan fingerprint density at radius 2 is 1.80 bits per heavy atom. The zero-order valence-electron chi connectivity index (χ0n) is 13.2. The first-order valence-corrected chi connectivity index (χ1v) is 8.46. The summed E-state index contributed by atoms with van der Waals surface area (Å²) in [5, 5.41) is 3.38. The van der Waals surface area contributed by atoms with E-state index in [-0.39, 0.29) is 0 Å². The van der Waals surface area contributed by atoms with E-state index < -0.39 is 0 Å². The van der Waals surface area contributed by atoms with Crippen molar-refractivity contribution >= 4 is 21.7 Å². The monoisotopic (exact) mass is 342 g/mol. The molecule has 0 aliphatic rings. The Morgan fingerprint density at radius 3 is 2.35 bits per heavy atom. The second kappa shape index (κ2) is 9.29. The number of halogens is 1. The van der Waals surface area contributed by atoms with Crippen LogP contribution in [0.5, 0.6) is 0 Å². The van der Waals surface area contributed by atoms with Crippen molar-refractivity contribution in [2.75, 3.05) is 31.5 Å². The van der Waals surface area contributed by atoms with Crippen molar-refractivity contribution in [2.24, 2.45) is 0 Å². The van der Waals surface area contributed by atoms with Crippen molar-refractivity contribution in [3.05, 3.63) is 16.0 Å². The molecular formula is C15H27BrN4. The van der Waals surface area contributed by atoms with E-state index in [4.69, 9.17) is 0 Å². The highest BCUT2D eigenvalue weighted by atomic mass is 79.9. The molecule has 0 aromatic carbocycles. The van der Waals surface area contributed by atoms with Crippen LogP contribution in [0.1, 0.15) is 45.6 Å². The predicted molar refractivity (Wildman–Crippen MR) is 89.4 cm³/mol. The molecule has 1 aromatic heterocycles. The highest BCUT2D eigenvalue weighted by Crippen LogP contribution is 2.24. The van der Waals surface area contributed by atoms with E-state index in [1.807, 2.05) is 0 Å². The largest absolute Gasteiger partial charge is 0.369 e. The molecule has 0 saturated heterocycles. The van der Waals surface area contributed by atoms with Crippen LogP contribution in [0.4, 0.5) is 5.82 Å². The summed E-state index contributed by atoms with van der Waals surface area (Å²) < 4.78 is 1.01. The fourth-order valence-corrected chi connectivity index (χ4v) is 2.65. The van der Waals surface area contributed by atoms with Gasteiger partial charge >= 0.3 is 0 Å². The van der Waals surface area contributed by atoms with Crippen molar-refractivity contribution in [1.82, 2.24) is 14.9 Å². The third kappa shape index (κ3) is 5.02. The Morgan fingerprint density at radius 1 is 1.10 bits per heavy atom. The van der Waals surface area contributed by atoms with E-state index in [2.05, 4.69) is 63.8 Å². The predicted octanol–water partition coefficient (Wildman–Crippen LogP) is 3.51. The Balaban J connectivity index is 2.84. The summed E-state index contributed by atoms with van der Waals surface area (Å²) in [6.07, 6.45) is 2.91. The van der Waals surface area contributed by atoms with Crippen molar-refractivity contribution < 1.29 is 0 Å². The van der Waals surface area contributed by atoms with Gasteiger partial charge in [-0.15, -0.1) is 0 Å². The summed E-state index contributed by atoms with van der Waals surface area (Å²) in [5.74, 6) is 1.88. The number of nitrogens with one attached hydrogen (secondary N) is 1. The summed E-state index contributed by atoms with van der Waals surface area (Å²) in [5.41, 5.74) is 1.09. The second-order valence-corrected chi connectivity index (χ2v) is 5.60. The zero-order valence-corrected chi connectivity index (χ0v) is 14.8. The fraction of sp³-hybridized carbons (Fsp3) is 0.733. The molecule has 1 rings (SSSR count). The topological polar surface area (TPSA) is 41.1 Å². The number of hydrogen-bond donors (Lipinski definition) is 1. The average molecular weight is 343 g/mol. The van der Waals surface area contributed by atoms with Crippen LogP contribution in [0.3, 0.4) is 0 Å². The summed E-state index contributed by atoms with van der Waals surface area (Å²) >= 11 is 3.62. The Labute approximate surface area is 131 Å². The lowest BCUT2D eigenvalue weighted by Gasteiger charge is -2.18. The summed E-state index contributed by atoms with van der Waals surface area (Å²) in [6.45, 7) is 12.8. The van der Waals surface area contributed by atoms with E-state index in [0.29, 0.717) is 0 Å². The van der Waals surface area contributed by atoms with Crippen LogP contribution in [0.15, 0.2) is 4.47 Å². The molecule has 20 heavy (non-hydrogen) atoms. The molecule has 0 aliphatic carbocycles. The van der Waals surface area contributed by atoms with Crippen LogP contribution in [-0.2, 0) is 12.8 Å². The van der Waals surface area contributed by atoms with E-state index in [1.54, 1.807) is 0 Å². The lowest BCUT2D eigenvalue weighted by molar-refractivity contribution is 0.305. The molecule has 0 unspecified atom stereocenters. The molecule has 0 radical (unpaired) electrons. The Hall–Kier alpha value is -0.680. The molecule has 5 heteroatoms. The number of aryl methyl sites for hydroxylation is 1. The van der Waals surface area contributed by atoms with Gasteiger partial charge in [0.05, 0.1) is 10.2 Å². The minimum Gasteiger partial charge on any atom is -0.369 e. The number of hydrogen-bond acceptors (Lipinski definition) is 4. The molecule has 0 spiro atoms. The molecule has 1 aromatic rings. The Bertz CT molecular complexity index is 405. The minimum atomic E-state index is 0.906. The standard InChI is InChI=1S/C15H27BrN4/c1-5-10-17-15-14(16)12(6-2)18-13(19-15)9-11-20(7-3)8-4/h5-11H2,1-4H3,(H,17,18,19). The van der Waals surface area contributed by atoms with Gasteiger partial charge in [0.1, 0.15) is 11.6 Å². The van der Waals surface area contributed by atoms with Crippen LogP contribution in [0, 0.1) is 0 Å². The second-order valence-electron chi connectivity index (χ2n) is 4.81. The van der Waals surface area contributed by atoms with Crippen LogP contribution in [0.25, 0.3) is 0 Å². The quantitative estimate of drug-likeness (QED) is 0.745. The average Bonchev–Trinajstić information content (AvgIpc) is 2.48. The maximum absolute atomic E-state index is 4.68. The third-order valence-electron chi connectivity index (χ3n) is 3.39. The van der Waals surface area contributed by atoms with Gasteiger partial charge in [0, 0.05) is 19.5 Å². The van der Waals surface area contributed by atoms with Gasteiger partial charge in [0.2, 0.25) is 0 Å². The van der Waals surface area contributed by atoms with E-state index in [0.717, 1.165) is 67.3 Å². The molecule has 0 atom stereocenters. The van der Waals surface area contributed by atoms with E-state index >= 15 is 0 Å². The summed E-state index contributed by atoms with van der Waals surface area (Å²) in [6, 6.07) is 0. The van der Waals surface area contributed by atoms with E-state index in [1.165, 1.54) is 0 Å². The minimum absolute atomic E-state index is 0.906. The van der Waals surface area contributed by atoms with Crippen LogP contribution in [-0.4, -0.2) is 41.0 Å². The molecule has 1 N–H and O–H groups in total. The van der Waals surface area contributed by atoms with Gasteiger partial charge < -0.3 is 10.2 Å². The maximum atomic E-state index is 4.68. The normalized spacial score (nSPS) is 11.1. The maximum Gasteiger partial charge on any atom is 0.144 e. The number of rotatable bonds is 9. The molecule has 0 amide bonds. The molecule has 1 heterocycles. The smallest absolute Gasteiger partial charge is 0.144 e. The summed E-state index contributed by atoms with van der Waals surface area (Å²) in [7, 11) is 0. The van der Waals surface area contributed by atoms with Crippen molar-refractivity contribution in [2.45, 2.75) is 47.0 Å². The van der Waals surface area contributed by atoms with Gasteiger partial charge in [-0.3, -0.25) is 0 Å². The number of aromatic nitrogens is 2. The molecule has 0 aliphatic heterocycles. The zero-order chi connectivity index (χ0) is 15.0. The van der Waals surface area contributed by atoms with Crippen LogP contribution >= 0.6 is 15.9 Å². The van der Waals surface area contributed by atoms with Gasteiger partial charge in [-0.1, -0.05) is 27.7 Å². The fourth-order valence-electron chi connectivity index (χ4n) is 2.05. The highest BCUT2D eigenvalue weighted by molar-refractivity contribution is 9.10. The third-order valence-corrected chi connectivity index (χ3v) is 4.22. The van der Waals surface area contributed by atoms with Gasteiger partial charge in [-0.25, -0.2) is 9.97 Å². The first kappa shape index (κ1) is 17.4. The molecule has 0 fully saturated rings. The number of nitrogens with zero attached hydrogens (tertiary/aromatic N) is 3. The summed E-state index contributed by atoms with van der Waals surface area (Å²) in [4.78, 5) is 11.7. The molecule has 114 valence electrons. The number of anilines is 1. The molecule has 0 saturated carbocycles. The van der Waals surface area contributed by atoms with E-state index in [9.17, 15) is 0 Å². The molecular weight excluding hydrogens is 316 g/mol. The van der Waals surface area contributed by atoms with Gasteiger partial charge in [0.25, 0.3) is 0 Å². The first-order chi connectivity index (χ1) is 9.65. The molecule has 0 bridgehead atoms. The van der Waals surface area contributed by atoms with Crippen molar-refractivity contribution in [3.8, 4) is 0 Å². The van der Waals surface area contributed by atoms with Crippen molar-refractivity contribution in [3.63, 3.8) is 0 Å². The van der Waals surface area contributed by atoms with Crippen LogP contribution < -0.4 is 5.32 Å². The van der Waals surface area contributed by atoms with Gasteiger partial charge in [-0.2, -0.15) is 0 Å². The first-order valence-electron chi connectivity index (χ1n) is 7.67. The van der Waals surface area contributed by atoms with Crippen molar-refractivity contribution in [1.29, 1.82) is 0 Å². The van der Waals surface area contributed by atoms with Gasteiger partial charge in [-0.05, 0) is 41.9 Å². The Kier molecular flexibility index (Phi) is 8.07. The van der Waals surface area contributed by atoms with Gasteiger partial charge in [0.15, 0.2) is 0 Å². The lowest BCUT2D eigenvalue weighted by atomic mass is 10.2. The highest BCUT2D eigenvalue weighted by Gasteiger charge is 2.11.